The fourth-order valence-corrected chi connectivity index (χ4v) is 3.96. The Hall–Kier alpha value is -4.28. The fraction of sp³-hybridized carbons (Fsp3) is 0. The molecule has 0 spiro atoms. The summed E-state index contributed by atoms with van der Waals surface area (Å²) < 4.78 is 0. The van der Waals surface area contributed by atoms with Gasteiger partial charge in [0.25, 0.3) is 0 Å². The van der Waals surface area contributed by atoms with Crippen LogP contribution in [0.3, 0.4) is 0 Å². The Morgan fingerprint density at radius 2 is 0.971 bits per heavy atom. The predicted molar refractivity (Wildman–Crippen MR) is 141 cm³/mol. The van der Waals surface area contributed by atoms with Crippen LogP contribution in [0.5, 0.6) is 0 Å². The molecule has 0 radical (unpaired) electrons. The van der Waals surface area contributed by atoms with E-state index in [1.165, 1.54) is 5.39 Å². The van der Waals surface area contributed by atoms with Crippen molar-refractivity contribution in [3.63, 3.8) is 0 Å². The van der Waals surface area contributed by atoms with Crippen LogP contribution in [0.2, 0.25) is 0 Å². The minimum absolute atomic E-state index is 0. The summed E-state index contributed by atoms with van der Waals surface area (Å²) in [5.41, 5.74) is 8.92. The van der Waals surface area contributed by atoms with Gasteiger partial charge in [-0.1, -0.05) is 24.3 Å². The first-order valence-corrected chi connectivity index (χ1v) is 11.1. The van der Waals surface area contributed by atoms with Crippen molar-refractivity contribution in [1.29, 1.82) is 0 Å². The Morgan fingerprint density at radius 1 is 0.486 bits per heavy atom. The van der Waals surface area contributed by atoms with Gasteiger partial charge >= 0.3 is 0 Å². The Bertz CT molecular complexity index is 1570. The Kier molecular flexibility index (Phi) is 6.38. The summed E-state index contributed by atoms with van der Waals surface area (Å²) in [7, 11) is 0. The van der Waals surface area contributed by atoms with Crippen LogP contribution < -0.4 is 0 Å². The maximum absolute atomic E-state index is 4.62. The number of nitrogens with one attached hydrogen (secondary N) is 2. The van der Waals surface area contributed by atoms with E-state index in [4.69, 9.17) is 0 Å². The largest absolute Gasteiger partial charge is 0.355 e. The number of nitrogens with zero attached hydrogens (tertiary/aromatic N) is 3. The monoisotopic (exact) mass is 497 g/mol. The number of pyridine rings is 1. The number of hydrogen-bond acceptors (Lipinski definition) is 3. The van der Waals surface area contributed by atoms with E-state index in [9.17, 15) is 0 Å². The van der Waals surface area contributed by atoms with Crippen molar-refractivity contribution in [3.05, 3.63) is 114 Å². The molecule has 0 unspecified atom stereocenters. The number of H-pyrrole nitrogens is 2. The number of aromatic nitrogens is 5. The average molecular weight is 498 g/mol. The van der Waals surface area contributed by atoms with Crippen LogP contribution in [0.4, 0.5) is 0 Å². The van der Waals surface area contributed by atoms with E-state index in [1.807, 2.05) is 73.0 Å². The molecule has 0 amide bonds. The molecule has 7 rings (SSSR count). The zero-order valence-electron chi connectivity index (χ0n) is 18.6. The molecule has 4 aromatic heterocycles. The minimum atomic E-state index is 0. The molecule has 2 aliphatic rings. The molecule has 172 valence electrons. The summed E-state index contributed by atoms with van der Waals surface area (Å²) in [4.78, 5) is 20.2. The van der Waals surface area contributed by atoms with Gasteiger partial charge in [-0.05, 0) is 85.0 Å². The topological polar surface area (TPSA) is 70.2 Å². The first-order chi connectivity index (χ1) is 16.8. The van der Waals surface area contributed by atoms with Gasteiger partial charge in [0, 0.05) is 50.1 Å². The molecular formula is C29H21N5Ni. The second kappa shape index (κ2) is 9.92. The Balaban J connectivity index is 0.000000194. The maximum atomic E-state index is 4.62. The van der Waals surface area contributed by atoms with Crippen LogP contribution >= 0.6 is 0 Å². The van der Waals surface area contributed by atoms with Gasteiger partial charge in [-0.2, -0.15) is 0 Å². The van der Waals surface area contributed by atoms with Gasteiger partial charge in [0.15, 0.2) is 0 Å². The molecule has 2 N–H and O–H groups in total. The van der Waals surface area contributed by atoms with Crippen molar-refractivity contribution >= 4 is 57.3 Å². The smallest absolute Gasteiger partial charge is 0.0701 e. The third kappa shape index (κ3) is 5.29. The van der Waals surface area contributed by atoms with E-state index in [1.54, 1.807) is 0 Å². The second-order valence-electron chi connectivity index (χ2n) is 8.10. The maximum Gasteiger partial charge on any atom is 0.0701 e. The van der Waals surface area contributed by atoms with E-state index in [0.29, 0.717) is 0 Å². The summed E-state index contributed by atoms with van der Waals surface area (Å²) in [5, 5.41) is 1.20. The first-order valence-electron chi connectivity index (χ1n) is 11.1. The van der Waals surface area contributed by atoms with Crippen LogP contribution in [0, 0.1) is 0 Å². The zero-order chi connectivity index (χ0) is 22.7. The molecule has 35 heavy (non-hydrogen) atoms. The third-order valence-electron chi connectivity index (χ3n) is 5.55. The van der Waals surface area contributed by atoms with E-state index >= 15 is 0 Å². The second-order valence-corrected chi connectivity index (χ2v) is 8.10. The van der Waals surface area contributed by atoms with E-state index in [-0.39, 0.29) is 16.5 Å². The standard InChI is InChI=1S/C20H14N4.C9H7N.Ni/c1-2-14-10-16-5-6-18(23-16)12-20-8-7-19(24-20)11-17-4-3-15(22-17)9-13(1)21-14;1-2-6-9-8(4-1)5-3-7-10-9;/h1-12,21-22H;1-7H;. The van der Waals surface area contributed by atoms with Crippen molar-refractivity contribution in [2.75, 3.05) is 0 Å². The van der Waals surface area contributed by atoms with Crippen LogP contribution in [-0.2, 0) is 16.5 Å². The van der Waals surface area contributed by atoms with Crippen molar-refractivity contribution < 1.29 is 16.5 Å². The summed E-state index contributed by atoms with van der Waals surface area (Å²) >= 11 is 0. The van der Waals surface area contributed by atoms with E-state index in [0.717, 1.165) is 50.4 Å². The number of hydrogen-bond donors (Lipinski definition) is 2. The molecule has 5 nitrogen and oxygen atoms in total. The van der Waals surface area contributed by atoms with Crippen molar-refractivity contribution in [1.82, 2.24) is 24.9 Å². The van der Waals surface area contributed by atoms with Gasteiger partial charge in [-0.15, -0.1) is 0 Å². The molecule has 6 heterocycles. The fourth-order valence-electron chi connectivity index (χ4n) is 3.96. The third-order valence-corrected chi connectivity index (χ3v) is 5.55. The molecule has 6 heteroatoms. The van der Waals surface area contributed by atoms with Crippen molar-refractivity contribution in [3.8, 4) is 0 Å². The van der Waals surface area contributed by atoms with Crippen molar-refractivity contribution in [2.45, 2.75) is 0 Å². The van der Waals surface area contributed by atoms with E-state index in [2.05, 4.69) is 67.4 Å². The number of para-hydroxylation sites is 1. The SMILES string of the molecule is C1=Cc2cc3ccc(cc4ccc(cc5nc(cc1n2)C=C5)[nH]4)[nH]3.[Ni].c1ccc2ncccc2c1. The number of aromatic amines is 2. The Labute approximate surface area is 212 Å². The molecular weight excluding hydrogens is 477 g/mol. The van der Waals surface area contributed by atoms with Gasteiger partial charge in [-0.3, -0.25) is 4.98 Å². The summed E-state index contributed by atoms with van der Waals surface area (Å²) in [6, 6.07) is 28.5. The van der Waals surface area contributed by atoms with Gasteiger partial charge in [0.05, 0.1) is 28.3 Å². The molecule has 5 aromatic rings. The van der Waals surface area contributed by atoms with Crippen LogP contribution in [0.15, 0.2) is 91.1 Å². The molecule has 1 aromatic carbocycles. The van der Waals surface area contributed by atoms with Gasteiger partial charge in [-0.25, -0.2) is 9.97 Å². The molecule has 0 atom stereocenters. The summed E-state index contributed by atoms with van der Waals surface area (Å²) in [6.07, 6.45) is 9.86. The van der Waals surface area contributed by atoms with Crippen molar-refractivity contribution in [2.24, 2.45) is 0 Å². The van der Waals surface area contributed by atoms with Crippen LogP contribution in [0.1, 0.15) is 22.8 Å². The average Bonchev–Trinajstić information content (AvgIpc) is 3.66. The Morgan fingerprint density at radius 3 is 1.54 bits per heavy atom. The van der Waals surface area contributed by atoms with Crippen LogP contribution in [0.25, 0.3) is 57.3 Å². The number of rotatable bonds is 0. The molecule has 0 saturated carbocycles. The predicted octanol–water partition coefficient (Wildman–Crippen LogP) is 6.89. The van der Waals surface area contributed by atoms with Gasteiger partial charge < -0.3 is 9.97 Å². The zero-order valence-corrected chi connectivity index (χ0v) is 19.6. The first kappa shape index (κ1) is 22.5. The summed E-state index contributed by atoms with van der Waals surface area (Å²) in [6.45, 7) is 0. The van der Waals surface area contributed by atoms with E-state index < -0.39 is 0 Å². The van der Waals surface area contributed by atoms with Gasteiger partial charge in [0.2, 0.25) is 0 Å². The molecule has 0 aliphatic carbocycles. The summed E-state index contributed by atoms with van der Waals surface area (Å²) in [5.74, 6) is 0. The molecule has 0 fully saturated rings. The van der Waals surface area contributed by atoms with Crippen LogP contribution in [-0.4, -0.2) is 24.9 Å². The molecule has 8 bridgehead atoms. The number of fused-ring (bicyclic) bond motifs is 9. The number of benzene rings is 1. The minimum Gasteiger partial charge on any atom is -0.355 e. The molecule has 2 aliphatic heterocycles. The molecule has 0 saturated heterocycles. The quantitative estimate of drug-likeness (QED) is 0.224. The normalized spacial score (nSPS) is 11.5. The van der Waals surface area contributed by atoms with Gasteiger partial charge in [0.1, 0.15) is 0 Å².